The van der Waals surface area contributed by atoms with E-state index in [4.69, 9.17) is 26.1 Å². The SMILES string of the molecule is CC(C)(C)c1coc(-c2cncc([C@@]34CC[C@@H](c5cc(-c6c(F)cccc6Cl)nnc53)C4(C)C)n2)n1. The van der Waals surface area contributed by atoms with Gasteiger partial charge in [0.25, 0.3) is 0 Å². The number of rotatable bonds is 3. The van der Waals surface area contributed by atoms with Crippen LogP contribution in [0, 0.1) is 11.2 Å². The molecule has 0 spiro atoms. The average Bonchev–Trinajstić information content (AvgIpc) is 3.48. The Hall–Kier alpha value is -3.19. The summed E-state index contributed by atoms with van der Waals surface area (Å²) < 4.78 is 20.5. The Morgan fingerprint density at radius 1 is 1.08 bits per heavy atom. The van der Waals surface area contributed by atoms with E-state index in [-0.39, 0.29) is 22.3 Å². The molecule has 2 aliphatic rings. The Bertz CT molecular complexity index is 1490. The van der Waals surface area contributed by atoms with Crippen molar-refractivity contribution in [3.8, 4) is 22.8 Å². The summed E-state index contributed by atoms with van der Waals surface area (Å²) in [5, 5.41) is 9.48. The Kier molecular flexibility index (Phi) is 4.94. The van der Waals surface area contributed by atoms with Gasteiger partial charge in [0, 0.05) is 11.6 Å². The molecule has 1 fully saturated rings. The minimum atomic E-state index is -0.472. The van der Waals surface area contributed by atoms with Gasteiger partial charge in [-0.3, -0.25) is 4.98 Å². The van der Waals surface area contributed by atoms with Gasteiger partial charge in [-0.2, -0.15) is 10.2 Å². The van der Waals surface area contributed by atoms with E-state index in [0.717, 1.165) is 35.5 Å². The molecule has 1 aromatic carbocycles. The first kappa shape index (κ1) is 23.2. The first-order valence-corrected chi connectivity index (χ1v) is 12.5. The van der Waals surface area contributed by atoms with E-state index in [0.29, 0.717) is 22.3 Å². The standard InChI is InChI=1S/C28H27ClFN5O/c1-26(2,3)22-14-36-25(33-22)20-12-31-13-21(32-20)28-10-9-16(27(28,4)5)15-11-19(34-35-24(15)28)23-17(29)7-6-8-18(23)30/h6-8,11-14,16H,9-10H2,1-5H3/t16-,28-/m0/s1. The van der Waals surface area contributed by atoms with Crippen LogP contribution in [0.2, 0.25) is 5.02 Å². The number of hydrogen-bond donors (Lipinski definition) is 0. The van der Waals surface area contributed by atoms with Gasteiger partial charge >= 0.3 is 0 Å². The maximum Gasteiger partial charge on any atom is 0.246 e. The van der Waals surface area contributed by atoms with Crippen LogP contribution in [0.1, 0.15) is 76.0 Å². The van der Waals surface area contributed by atoms with Crippen molar-refractivity contribution in [2.45, 2.75) is 64.2 Å². The van der Waals surface area contributed by atoms with Crippen molar-refractivity contribution in [1.82, 2.24) is 25.1 Å². The van der Waals surface area contributed by atoms with Crippen LogP contribution in [0.4, 0.5) is 4.39 Å². The van der Waals surface area contributed by atoms with Crippen LogP contribution >= 0.6 is 11.6 Å². The molecule has 1 saturated carbocycles. The average molecular weight is 504 g/mol. The lowest BCUT2D eigenvalue weighted by Gasteiger charge is -2.37. The van der Waals surface area contributed by atoms with E-state index in [2.05, 4.69) is 49.7 Å². The highest BCUT2D eigenvalue weighted by molar-refractivity contribution is 6.33. The zero-order chi connectivity index (χ0) is 25.5. The molecule has 2 atom stereocenters. The van der Waals surface area contributed by atoms with Crippen LogP contribution in [-0.2, 0) is 10.8 Å². The maximum absolute atomic E-state index is 14.7. The predicted molar refractivity (Wildman–Crippen MR) is 135 cm³/mol. The first-order valence-electron chi connectivity index (χ1n) is 12.2. The second-order valence-corrected chi connectivity index (χ2v) is 11.8. The molecule has 2 bridgehead atoms. The monoisotopic (exact) mass is 503 g/mol. The van der Waals surface area contributed by atoms with E-state index in [1.807, 2.05) is 12.3 Å². The molecule has 3 heterocycles. The molecule has 6 nitrogen and oxygen atoms in total. The molecule has 0 aliphatic heterocycles. The first-order chi connectivity index (χ1) is 17.0. The minimum Gasteiger partial charge on any atom is -0.443 e. The molecule has 3 aromatic heterocycles. The molecule has 184 valence electrons. The number of hydrogen-bond acceptors (Lipinski definition) is 6. The largest absolute Gasteiger partial charge is 0.443 e. The van der Waals surface area contributed by atoms with Crippen LogP contribution in [0.25, 0.3) is 22.8 Å². The van der Waals surface area contributed by atoms with E-state index < -0.39 is 11.2 Å². The van der Waals surface area contributed by atoms with Crippen LogP contribution in [0.5, 0.6) is 0 Å². The van der Waals surface area contributed by atoms with Crippen molar-refractivity contribution in [1.29, 1.82) is 0 Å². The molecular weight excluding hydrogens is 477 g/mol. The molecule has 0 radical (unpaired) electrons. The summed E-state index contributed by atoms with van der Waals surface area (Å²) in [6, 6.07) is 6.61. The normalized spacial score (nSPS) is 22.1. The fourth-order valence-electron chi connectivity index (χ4n) is 6.17. The minimum absolute atomic E-state index is 0.134. The molecule has 4 aromatic rings. The molecule has 2 aliphatic carbocycles. The molecular formula is C28H27ClFN5O. The second kappa shape index (κ2) is 7.65. The van der Waals surface area contributed by atoms with Gasteiger partial charge in [-0.05, 0) is 47.9 Å². The third-order valence-corrected chi connectivity index (χ3v) is 8.48. The second-order valence-electron chi connectivity index (χ2n) is 11.4. The molecule has 0 N–H and O–H groups in total. The Labute approximate surface area is 214 Å². The third kappa shape index (κ3) is 3.11. The number of aromatic nitrogens is 5. The van der Waals surface area contributed by atoms with Crippen LogP contribution in [-0.4, -0.2) is 25.1 Å². The highest BCUT2D eigenvalue weighted by Crippen LogP contribution is 2.69. The molecule has 36 heavy (non-hydrogen) atoms. The fourth-order valence-corrected chi connectivity index (χ4v) is 6.43. The smallest absolute Gasteiger partial charge is 0.246 e. The highest BCUT2D eigenvalue weighted by atomic mass is 35.5. The van der Waals surface area contributed by atoms with Gasteiger partial charge in [0.05, 0.1) is 45.0 Å². The Morgan fingerprint density at radius 2 is 1.89 bits per heavy atom. The Balaban J connectivity index is 1.48. The highest BCUT2D eigenvalue weighted by Gasteiger charge is 2.65. The number of oxazole rings is 1. The van der Waals surface area contributed by atoms with Crippen molar-refractivity contribution in [2.24, 2.45) is 5.41 Å². The molecule has 0 amide bonds. The summed E-state index contributed by atoms with van der Waals surface area (Å²) >= 11 is 6.34. The maximum atomic E-state index is 14.7. The van der Waals surface area contributed by atoms with Crippen LogP contribution < -0.4 is 0 Å². The number of fused-ring (bicyclic) bond motifs is 5. The van der Waals surface area contributed by atoms with E-state index >= 15 is 0 Å². The van der Waals surface area contributed by atoms with Crippen molar-refractivity contribution in [3.05, 3.63) is 76.4 Å². The van der Waals surface area contributed by atoms with Gasteiger partial charge in [0.15, 0.2) is 0 Å². The van der Waals surface area contributed by atoms with Crippen LogP contribution in [0.3, 0.4) is 0 Å². The van der Waals surface area contributed by atoms with Gasteiger partial charge in [0.1, 0.15) is 17.8 Å². The van der Waals surface area contributed by atoms with Gasteiger partial charge in [-0.1, -0.05) is 52.3 Å². The zero-order valence-corrected chi connectivity index (χ0v) is 21.7. The summed E-state index contributed by atoms with van der Waals surface area (Å²) in [5.41, 5.74) is 4.17. The van der Waals surface area contributed by atoms with Crippen molar-refractivity contribution in [3.63, 3.8) is 0 Å². The quantitative estimate of drug-likeness (QED) is 0.303. The van der Waals surface area contributed by atoms with E-state index in [9.17, 15) is 4.39 Å². The van der Waals surface area contributed by atoms with Crippen LogP contribution in [0.15, 0.2) is 47.3 Å². The Morgan fingerprint density at radius 3 is 2.61 bits per heavy atom. The summed E-state index contributed by atoms with van der Waals surface area (Å²) in [7, 11) is 0. The predicted octanol–water partition coefficient (Wildman–Crippen LogP) is 6.88. The topological polar surface area (TPSA) is 77.6 Å². The summed E-state index contributed by atoms with van der Waals surface area (Å²) in [6.07, 6.45) is 7.03. The lowest BCUT2D eigenvalue weighted by atomic mass is 9.66. The van der Waals surface area contributed by atoms with Gasteiger partial charge in [-0.15, -0.1) is 0 Å². The number of benzene rings is 1. The molecule has 6 rings (SSSR count). The van der Waals surface area contributed by atoms with E-state index in [1.165, 1.54) is 6.07 Å². The van der Waals surface area contributed by atoms with E-state index in [1.54, 1.807) is 24.6 Å². The third-order valence-electron chi connectivity index (χ3n) is 8.16. The molecule has 8 heteroatoms. The summed E-state index contributed by atoms with van der Waals surface area (Å²) in [6.45, 7) is 10.8. The van der Waals surface area contributed by atoms with Crippen molar-refractivity contribution >= 4 is 11.6 Å². The van der Waals surface area contributed by atoms with Crippen molar-refractivity contribution < 1.29 is 8.81 Å². The summed E-state index contributed by atoms with van der Waals surface area (Å²) in [5.74, 6) is 0.270. The zero-order valence-electron chi connectivity index (χ0n) is 20.9. The molecule has 0 saturated heterocycles. The lowest BCUT2D eigenvalue weighted by molar-refractivity contribution is 0.242. The molecule has 0 unspecified atom stereocenters. The fraction of sp³-hybridized carbons (Fsp3) is 0.393. The number of nitrogens with zero attached hydrogens (tertiary/aromatic N) is 5. The number of halogens is 2. The van der Waals surface area contributed by atoms with Gasteiger partial charge in [-0.25, -0.2) is 14.4 Å². The lowest BCUT2D eigenvalue weighted by Crippen LogP contribution is -2.38. The van der Waals surface area contributed by atoms with Gasteiger partial charge < -0.3 is 4.42 Å². The van der Waals surface area contributed by atoms with Crippen molar-refractivity contribution in [2.75, 3.05) is 0 Å². The summed E-state index contributed by atoms with van der Waals surface area (Å²) in [4.78, 5) is 14.2. The van der Waals surface area contributed by atoms with Gasteiger partial charge in [0.2, 0.25) is 5.89 Å².